The number of anilines is 1. The van der Waals surface area contributed by atoms with Crippen LogP contribution in [0.4, 0.5) is 11.4 Å². The Kier molecular flexibility index (Phi) is 6.29. The minimum atomic E-state index is -0.514. The molecule has 0 atom stereocenters. The maximum atomic E-state index is 12.1. The van der Waals surface area contributed by atoms with Gasteiger partial charge in [0.05, 0.1) is 16.9 Å². The highest BCUT2D eigenvalue weighted by Gasteiger charge is 2.11. The van der Waals surface area contributed by atoms with E-state index in [4.69, 9.17) is 4.84 Å². The first-order chi connectivity index (χ1) is 13.5. The smallest absolute Gasteiger partial charge is 0.338 e. The van der Waals surface area contributed by atoms with E-state index >= 15 is 0 Å². The van der Waals surface area contributed by atoms with Gasteiger partial charge in [-0.3, -0.25) is 4.79 Å². The molecule has 0 spiro atoms. The van der Waals surface area contributed by atoms with Crippen molar-refractivity contribution in [2.75, 3.05) is 5.48 Å². The van der Waals surface area contributed by atoms with Crippen LogP contribution in [0.3, 0.4) is 0 Å². The zero-order valence-corrected chi connectivity index (χ0v) is 16.5. The maximum Gasteiger partial charge on any atom is 0.363 e. The molecule has 0 unspecified atom stereocenters. The van der Waals surface area contributed by atoms with Crippen LogP contribution in [0, 0.1) is 6.92 Å². The van der Waals surface area contributed by atoms with Gasteiger partial charge >= 0.3 is 5.97 Å². The maximum absolute atomic E-state index is 12.1. The number of azo groups is 1. The lowest BCUT2D eigenvalue weighted by Crippen LogP contribution is -2.11. The minimum absolute atomic E-state index is 0.412. The Morgan fingerprint density at radius 1 is 0.929 bits per heavy atom. The van der Waals surface area contributed by atoms with Crippen LogP contribution < -0.4 is 5.48 Å². The Balaban J connectivity index is 1.57. The number of hydrogen-bond donors (Lipinski definition) is 1. The number of carbonyl (C=O) groups is 2. The lowest BCUT2D eigenvalue weighted by molar-refractivity contribution is 0.0595. The molecular formula is C21H16BrN3O3. The van der Waals surface area contributed by atoms with Gasteiger partial charge in [-0.15, -0.1) is 10.2 Å². The molecular weight excluding hydrogens is 422 g/mol. The summed E-state index contributed by atoms with van der Waals surface area (Å²) in [5.41, 5.74) is 5.60. The zero-order valence-electron chi connectivity index (χ0n) is 14.9. The van der Waals surface area contributed by atoms with E-state index in [9.17, 15) is 9.59 Å². The summed E-state index contributed by atoms with van der Waals surface area (Å²) in [6.45, 7) is 1.95. The average molecular weight is 438 g/mol. The van der Waals surface area contributed by atoms with Crippen molar-refractivity contribution in [1.29, 1.82) is 0 Å². The molecule has 3 aromatic carbocycles. The van der Waals surface area contributed by atoms with E-state index in [1.807, 2.05) is 25.1 Å². The van der Waals surface area contributed by atoms with Gasteiger partial charge in [-0.25, -0.2) is 10.3 Å². The fourth-order valence-electron chi connectivity index (χ4n) is 2.24. The molecule has 28 heavy (non-hydrogen) atoms. The Morgan fingerprint density at radius 3 is 2.29 bits per heavy atom. The quantitative estimate of drug-likeness (QED) is 0.399. The van der Waals surface area contributed by atoms with Gasteiger partial charge in [0.1, 0.15) is 0 Å². The third-order valence-corrected chi connectivity index (χ3v) is 4.47. The lowest BCUT2D eigenvalue weighted by atomic mass is 10.1. The van der Waals surface area contributed by atoms with Crippen LogP contribution in [0.15, 0.2) is 87.5 Å². The summed E-state index contributed by atoms with van der Waals surface area (Å²) in [5, 5.41) is 7.66. The number of halogens is 1. The second kappa shape index (κ2) is 9.05. The first-order valence-corrected chi connectivity index (χ1v) is 9.17. The summed E-state index contributed by atoms with van der Waals surface area (Å²) in [7, 11) is 0. The average Bonchev–Trinajstić information content (AvgIpc) is 2.72. The molecule has 0 aliphatic rings. The summed E-state index contributed by atoms with van der Waals surface area (Å²) in [4.78, 5) is 29.1. The van der Waals surface area contributed by atoms with Crippen molar-refractivity contribution in [2.24, 2.45) is 10.2 Å². The Hall–Kier alpha value is -3.32. The van der Waals surface area contributed by atoms with Gasteiger partial charge in [0, 0.05) is 10.0 Å². The summed E-state index contributed by atoms with van der Waals surface area (Å²) >= 11 is 3.30. The first kappa shape index (κ1) is 19.4. The summed E-state index contributed by atoms with van der Waals surface area (Å²) < 4.78 is 0.649. The molecule has 0 aromatic heterocycles. The number of nitrogens with one attached hydrogen (secondary N) is 1. The van der Waals surface area contributed by atoms with Crippen LogP contribution >= 0.6 is 15.9 Å². The molecule has 0 saturated heterocycles. The summed E-state index contributed by atoms with van der Waals surface area (Å²) in [6.07, 6.45) is 0. The van der Waals surface area contributed by atoms with Crippen molar-refractivity contribution in [2.45, 2.75) is 6.92 Å². The van der Waals surface area contributed by atoms with Gasteiger partial charge in [0.25, 0.3) is 5.91 Å². The number of amides is 1. The number of carbonyl (C=O) groups excluding carboxylic acids is 2. The highest BCUT2D eigenvalue weighted by atomic mass is 79.9. The molecule has 140 valence electrons. The number of rotatable bonds is 5. The van der Waals surface area contributed by atoms with Crippen molar-refractivity contribution < 1.29 is 14.4 Å². The van der Waals surface area contributed by atoms with Crippen LogP contribution in [0.2, 0.25) is 0 Å². The SMILES string of the molecule is Cc1ccc(C(=O)N=Nc2ccc(NOC(=O)c3ccccc3Br)cc2)cc1. The molecule has 1 N–H and O–H groups in total. The number of hydrogen-bond acceptors (Lipinski definition) is 5. The van der Waals surface area contributed by atoms with Crippen LogP contribution in [0.5, 0.6) is 0 Å². The van der Waals surface area contributed by atoms with Crippen LogP contribution in [0.25, 0.3) is 0 Å². The molecule has 6 nitrogen and oxygen atoms in total. The van der Waals surface area contributed by atoms with E-state index in [2.05, 4.69) is 31.6 Å². The highest BCUT2D eigenvalue weighted by molar-refractivity contribution is 9.10. The van der Waals surface area contributed by atoms with Crippen LogP contribution in [0.1, 0.15) is 26.3 Å². The third kappa shape index (κ3) is 5.11. The molecule has 3 rings (SSSR count). The third-order valence-electron chi connectivity index (χ3n) is 3.78. The monoisotopic (exact) mass is 437 g/mol. The highest BCUT2D eigenvalue weighted by Crippen LogP contribution is 2.19. The van der Waals surface area contributed by atoms with E-state index in [0.717, 1.165) is 5.56 Å². The molecule has 0 bridgehead atoms. The topological polar surface area (TPSA) is 80.1 Å². The molecule has 3 aromatic rings. The van der Waals surface area contributed by atoms with Gasteiger partial charge in [0.15, 0.2) is 0 Å². The van der Waals surface area contributed by atoms with Crippen molar-refractivity contribution in [3.8, 4) is 0 Å². The molecule has 0 saturated carbocycles. The number of nitrogens with zero attached hydrogens (tertiary/aromatic N) is 2. The normalized spacial score (nSPS) is 10.6. The second-order valence-electron chi connectivity index (χ2n) is 5.89. The molecule has 0 heterocycles. The summed E-state index contributed by atoms with van der Waals surface area (Å²) in [6, 6.07) is 20.7. The second-order valence-corrected chi connectivity index (χ2v) is 6.74. The van der Waals surface area contributed by atoms with Crippen molar-refractivity contribution >= 4 is 39.2 Å². The number of benzene rings is 3. The van der Waals surface area contributed by atoms with Gasteiger partial charge in [0.2, 0.25) is 0 Å². The fourth-order valence-corrected chi connectivity index (χ4v) is 2.69. The predicted molar refractivity (Wildman–Crippen MR) is 110 cm³/mol. The van der Waals surface area contributed by atoms with E-state index in [0.29, 0.717) is 27.0 Å². The molecule has 7 heteroatoms. The van der Waals surface area contributed by atoms with Crippen molar-refractivity contribution in [1.82, 2.24) is 0 Å². The van der Waals surface area contributed by atoms with E-state index < -0.39 is 11.9 Å². The zero-order chi connectivity index (χ0) is 19.9. The van der Waals surface area contributed by atoms with Crippen LogP contribution in [-0.4, -0.2) is 11.9 Å². The summed E-state index contributed by atoms with van der Waals surface area (Å²) in [5.74, 6) is -0.926. The van der Waals surface area contributed by atoms with E-state index in [-0.39, 0.29) is 0 Å². The van der Waals surface area contributed by atoms with Gasteiger partial charge in [-0.05, 0) is 71.4 Å². The lowest BCUT2D eigenvalue weighted by Gasteiger charge is -2.07. The van der Waals surface area contributed by atoms with E-state index in [1.54, 1.807) is 54.6 Å². The predicted octanol–water partition coefficient (Wildman–Crippen LogP) is 5.87. The molecule has 1 amide bonds. The Bertz CT molecular complexity index is 1020. The fraction of sp³-hybridized carbons (Fsp3) is 0.0476. The number of aryl methyl sites for hydroxylation is 1. The molecule has 0 fully saturated rings. The Morgan fingerprint density at radius 2 is 1.61 bits per heavy atom. The standard InChI is InChI=1S/C21H16BrN3O3/c1-14-6-8-15(9-7-14)20(26)24-23-16-10-12-17(13-11-16)25-28-21(27)18-4-2-3-5-19(18)22/h2-13,25H,1H3. The molecule has 0 aliphatic carbocycles. The van der Waals surface area contributed by atoms with Crippen molar-refractivity contribution in [3.63, 3.8) is 0 Å². The van der Waals surface area contributed by atoms with Gasteiger partial charge in [-0.2, -0.15) is 0 Å². The first-order valence-electron chi connectivity index (χ1n) is 8.37. The molecule has 0 radical (unpaired) electrons. The van der Waals surface area contributed by atoms with Gasteiger partial charge in [-0.1, -0.05) is 29.8 Å². The van der Waals surface area contributed by atoms with Crippen LogP contribution in [-0.2, 0) is 4.84 Å². The molecule has 0 aliphatic heterocycles. The van der Waals surface area contributed by atoms with Crippen molar-refractivity contribution in [3.05, 3.63) is 94.0 Å². The van der Waals surface area contributed by atoms with Gasteiger partial charge < -0.3 is 4.84 Å². The minimum Gasteiger partial charge on any atom is -0.338 e. The largest absolute Gasteiger partial charge is 0.363 e. The Labute approximate surface area is 170 Å². The van der Waals surface area contributed by atoms with E-state index in [1.165, 1.54) is 0 Å².